The molecule has 2 N–H and O–H groups in total. The molecule has 0 aliphatic heterocycles. The lowest BCUT2D eigenvalue weighted by atomic mass is 10.0. The van der Waals surface area contributed by atoms with E-state index >= 15 is 0 Å². The second-order valence-electron chi connectivity index (χ2n) is 7.43. The first-order chi connectivity index (χ1) is 15.0. The van der Waals surface area contributed by atoms with E-state index in [-0.39, 0.29) is 6.03 Å². The third-order valence-corrected chi connectivity index (χ3v) is 5.23. The van der Waals surface area contributed by atoms with Gasteiger partial charge < -0.3 is 10.1 Å². The van der Waals surface area contributed by atoms with Gasteiger partial charge in [0.2, 0.25) is 0 Å². The van der Waals surface area contributed by atoms with Crippen molar-refractivity contribution < 1.29 is 9.53 Å². The van der Waals surface area contributed by atoms with Gasteiger partial charge in [-0.15, -0.1) is 0 Å². The molecule has 1 fully saturated rings. The van der Waals surface area contributed by atoms with Gasteiger partial charge in [-0.2, -0.15) is 0 Å². The Hall–Kier alpha value is -3.81. The number of aromatic nitrogens is 3. The Balaban J connectivity index is 1.44. The van der Waals surface area contributed by atoms with Crippen molar-refractivity contribution in [1.82, 2.24) is 20.3 Å². The number of aliphatic imine (C=N–C) groups is 1. The molecule has 8 heteroatoms. The Kier molecular flexibility index (Phi) is 5.62. The number of methoxy groups -OCH3 is 1. The number of urea groups is 1. The second kappa shape index (κ2) is 8.51. The van der Waals surface area contributed by atoms with Crippen molar-refractivity contribution >= 4 is 17.6 Å². The van der Waals surface area contributed by atoms with Crippen LogP contribution in [-0.2, 0) is 5.54 Å². The Morgan fingerprint density at radius 1 is 1.06 bits per heavy atom. The summed E-state index contributed by atoms with van der Waals surface area (Å²) in [6.45, 7) is 1.94. The molecule has 158 valence electrons. The Labute approximate surface area is 180 Å². The molecule has 3 heterocycles. The number of carbonyl (C=O) groups is 1. The molecular formula is C23H24N6O2. The Morgan fingerprint density at radius 3 is 2.52 bits per heavy atom. The van der Waals surface area contributed by atoms with Crippen molar-refractivity contribution in [1.29, 1.82) is 0 Å². The van der Waals surface area contributed by atoms with Crippen LogP contribution in [0.5, 0.6) is 5.75 Å². The number of ether oxygens (including phenoxy) is 1. The average molecular weight is 416 g/mol. The average Bonchev–Trinajstić information content (AvgIpc) is 3.56. The third kappa shape index (κ3) is 4.53. The van der Waals surface area contributed by atoms with Crippen LogP contribution in [0.15, 0.2) is 60.0 Å². The molecule has 0 unspecified atom stereocenters. The summed E-state index contributed by atoms with van der Waals surface area (Å²) in [5, 5.41) is 5.82. The van der Waals surface area contributed by atoms with E-state index in [9.17, 15) is 4.79 Å². The highest BCUT2D eigenvalue weighted by Gasteiger charge is 2.47. The summed E-state index contributed by atoms with van der Waals surface area (Å²) < 4.78 is 5.27. The van der Waals surface area contributed by atoms with E-state index in [1.165, 1.54) is 0 Å². The van der Waals surface area contributed by atoms with Crippen molar-refractivity contribution in [3.8, 4) is 5.75 Å². The Bertz CT molecular complexity index is 1120. The summed E-state index contributed by atoms with van der Waals surface area (Å²) in [7, 11) is 3.35. The van der Waals surface area contributed by atoms with E-state index in [1.807, 2.05) is 31.2 Å². The smallest absolute Gasteiger partial charge is 0.321 e. The van der Waals surface area contributed by atoms with E-state index in [2.05, 4.69) is 30.6 Å². The van der Waals surface area contributed by atoms with Gasteiger partial charge in [0.15, 0.2) is 0 Å². The maximum atomic E-state index is 12.6. The highest BCUT2D eigenvalue weighted by molar-refractivity contribution is 6.12. The number of nitrogens with zero attached hydrogens (tertiary/aromatic N) is 4. The molecule has 1 saturated carbocycles. The SMILES string of the molecule is CN=C(c1ccc(NC(=O)NC2(c3cc(OC)ccn3)CC2)nc1)c1ccnc(C)c1. The minimum atomic E-state index is -0.459. The molecule has 3 aromatic rings. The number of anilines is 1. The summed E-state index contributed by atoms with van der Waals surface area (Å²) in [5.74, 6) is 1.17. The van der Waals surface area contributed by atoms with E-state index in [0.29, 0.717) is 11.6 Å². The minimum Gasteiger partial charge on any atom is -0.497 e. The summed E-state index contributed by atoms with van der Waals surface area (Å²) in [5.41, 5.74) is 3.90. The molecule has 0 spiro atoms. The zero-order valence-corrected chi connectivity index (χ0v) is 17.7. The summed E-state index contributed by atoms with van der Waals surface area (Å²) in [6, 6.07) is 10.9. The molecule has 31 heavy (non-hydrogen) atoms. The van der Waals surface area contributed by atoms with Crippen molar-refractivity contribution in [2.24, 2.45) is 4.99 Å². The van der Waals surface area contributed by atoms with Gasteiger partial charge in [0.1, 0.15) is 11.6 Å². The Morgan fingerprint density at radius 2 is 1.87 bits per heavy atom. The van der Waals surface area contributed by atoms with Crippen LogP contribution in [0.3, 0.4) is 0 Å². The van der Waals surface area contributed by atoms with E-state index in [0.717, 1.165) is 41.1 Å². The molecule has 0 aromatic carbocycles. The van der Waals surface area contributed by atoms with Crippen LogP contribution in [0, 0.1) is 6.92 Å². The van der Waals surface area contributed by atoms with Crippen LogP contribution in [0.2, 0.25) is 0 Å². The van der Waals surface area contributed by atoms with Crippen LogP contribution in [0.1, 0.15) is 35.4 Å². The number of nitrogens with one attached hydrogen (secondary N) is 2. The molecule has 1 aliphatic rings. The fraction of sp³-hybridized carbons (Fsp3) is 0.261. The van der Waals surface area contributed by atoms with Crippen molar-refractivity contribution in [3.05, 3.63) is 77.5 Å². The third-order valence-electron chi connectivity index (χ3n) is 5.23. The topological polar surface area (TPSA) is 101 Å². The normalized spacial score (nSPS) is 14.6. The van der Waals surface area contributed by atoms with E-state index < -0.39 is 5.54 Å². The zero-order chi connectivity index (χ0) is 21.8. The monoisotopic (exact) mass is 416 g/mol. The number of aryl methyl sites for hydroxylation is 1. The van der Waals surface area contributed by atoms with Gasteiger partial charge in [0, 0.05) is 48.5 Å². The predicted molar refractivity (Wildman–Crippen MR) is 119 cm³/mol. The number of rotatable bonds is 6. The predicted octanol–water partition coefficient (Wildman–Crippen LogP) is 3.47. The molecule has 3 aromatic heterocycles. The summed E-state index contributed by atoms with van der Waals surface area (Å²) in [4.78, 5) is 30.0. The minimum absolute atomic E-state index is 0.323. The molecule has 8 nitrogen and oxygen atoms in total. The number of amides is 2. The summed E-state index contributed by atoms with van der Waals surface area (Å²) >= 11 is 0. The molecule has 4 rings (SSSR count). The van der Waals surface area contributed by atoms with E-state index in [4.69, 9.17) is 4.74 Å². The highest BCUT2D eigenvalue weighted by atomic mass is 16.5. The van der Waals surface area contributed by atoms with Crippen LogP contribution >= 0.6 is 0 Å². The van der Waals surface area contributed by atoms with Crippen molar-refractivity contribution in [2.45, 2.75) is 25.3 Å². The molecule has 0 bridgehead atoms. The maximum Gasteiger partial charge on any atom is 0.321 e. The number of carbonyl (C=O) groups excluding carboxylic acids is 1. The zero-order valence-electron chi connectivity index (χ0n) is 17.7. The highest BCUT2D eigenvalue weighted by Crippen LogP contribution is 2.45. The molecule has 0 saturated heterocycles. The molecule has 0 radical (unpaired) electrons. The molecule has 0 atom stereocenters. The quantitative estimate of drug-likeness (QED) is 0.599. The first-order valence-corrected chi connectivity index (χ1v) is 9.99. The number of hydrogen-bond donors (Lipinski definition) is 2. The standard InChI is InChI=1S/C23H24N6O2/c1-15-12-16(6-10-25-15)21(24-2)17-4-5-20(27-14-17)28-22(30)29-23(8-9-23)19-13-18(31-3)7-11-26-19/h4-7,10-14H,8-9H2,1-3H3,(H2,27,28,29,30). The van der Waals surface area contributed by atoms with Gasteiger partial charge in [-0.1, -0.05) is 0 Å². The fourth-order valence-electron chi connectivity index (χ4n) is 3.46. The lowest BCUT2D eigenvalue weighted by molar-refractivity contribution is 0.247. The fourth-order valence-corrected chi connectivity index (χ4v) is 3.46. The van der Waals surface area contributed by atoms with Gasteiger partial charge in [0.25, 0.3) is 0 Å². The lowest BCUT2D eigenvalue weighted by Crippen LogP contribution is -2.38. The van der Waals surface area contributed by atoms with Crippen LogP contribution in [-0.4, -0.2) is 40.9 Å². The van der Waals surface area contributed by atoms with Gasteiger partial charge in [-0.3, -0.25) is 20.3 Å². The van der Waals surface area contributed by atoms with Gasteiger partial charge in [0.05, 0.1) is 24.1 Å². The van der Waals surface area contributed by atoms with Gasteiger partial charge in [-0.25, -0.2) is 9.78 Å². The summed E-state index contributed by atoms with van der Waals surface area (Å²) in [6.07, 6.45) is 6.80. The number of pyridine rings is 3. The van der Waals surface area contributed by atoms with E-state index in [1.54, 1.807) is 44.9 Å². The first-order valence-electron chi connectivity index (χ1n) is 9.99. The lowest BCUT2D eigenvalue weighted by Gasteiger charge is -2.18. The van der Waals surface area contributed by atoms with Crippen LogP contribution in [0.25, 0.3) is 0 Å². The second-order valence-corrected chi connectivity index (χ2v) is 7.43. The molecule has 1 aliphatic carbocycles. The van der Waals surface area contributed by atoms with Crippen molar-refractivity contribution in [2.75, 3.05) is 19.5 Å². The van der Waals surface area contributed by atoms with Crippen LogP contribution < -0.4 is 15.4 Å². The molecule has 2 amide bonds. The van der Waals surface area contributed by atoms with Crippen molar-refractivity contribution in [3.63, 3.8) is 0 Å². The van der Waals surface area contributed by atoms with Gasteiger partial charge in [-0.05, 0) is 50.1 Å². The molecular weight excluding hydrogens is 392 g/mol. The maximum absolute atomic E-state index is 12.6. The van der Waals surface area contributed by atoms with Gasteiger partial charge >= 0.3 is 6.03 Å². The van der Waals surface area contributed by atoms with Crippen LogP contribution in [0.4, 0.5) is 10.6 Å². The first kappa shape index (κ1) is 20.5. The largest absolute Gasteiger partial charge is 0.497 e. The number of hydrogen-bond acceptors (Lipinski definition) is 6.